The Bertz CT molecular complexity index is 587. The third-order valence-electron chi connectivity index (χ3n) is 4.37. The molecule has 1 aliphatic carbocycles. The van der Waals surface area contributed by atoms with Gasteiger partial charge in [0.05, 0.1) is 16.8 Å². The molecule has 1 aromatic heterocycles. The van der Waals surface area contributed by atoms with Gasteiger partial charge >= 0.3 is 0 Å². The summed E-state index contributed by atoms with van der Waals surface area (Å²) in [7, 11) is 0. The first-order valence-electron chi connectivity index (χ1n) is 8.04. The molecule has 1 unspecified atom stereocenters. The highest BCUT2D eigenvalue weighted by Crippen LogP contribution is 2.34. The van der Waals surface area contributed by atoms with Gasteiger partial charge in [0.15, 0.2) is 0 Å². The van der Waals surface area contributed by atoms with E-state index >= 15 is 0 Å². The van der Waals surface area contributed by atoms with Crippen molar-refractivity contribution in [3.63, 3.8) is 0 Å². The lowest BCUT2D eigenvalue weighted by atomic mass is 9.83. The monoisotopic (exact) mass is 317 g/mol. The Morgan fingerprint density at radius 3 is 2.59 bits per heavy atom. The Hall–Kier alpha value is -1.39. The van der Waals surface area contributed by atoms with Crippen LogP contribution in [0, 0.1) is 12.8 Å². The summed E-state index contributed by atoms with van der Waals surface area (Å²) in [5.41, 5.74) is 1.97. The molecule has 1 fully saturated rings. The summed E-state index contributed by atoms with van der Waals surface area (Å²) in [4.78, 5) is 4.39. The van der Waals surface area contributed by atoms with Crippen LogP contribution < -0.4 is 4.74 Å². The highest BCUT2D eigenvalue weighted by Gasteiger charge is 2.22. The summed E-state index contributed by atoms with van der Waals surface area (Å²) >= 11 is 1.64. The number of hydrogen-bond donors (Lipinski definition) is 1. The second-order valence-electron chi connectivity index (χ2n) is 6.06. The van der Waals surface area contributed by atoms with Gasteiger partial charge < -0.3 is 9.84 Å². The van der Waals surface area contributed by atoms with Crippen LogP contribution in [0.5, 0.6) is 5.75 Å². The average molecular weight is 317 g/mol. The van der Waals surface area contributed by atoms with Gasteiger partial charge in [0.2, 0.25) is 0 Å². The van der Waals surface area contributed by atoms with Gasteiger partial charge in [-0.3, -0.25) is 0 Å². The fourth-order valence-electron chi connectivity index (χ4n) is 3.12. The Morgan fingerprint density at radius 1 is 1.23 bits per heavy atom. The number of hydrogen-bond acceptors (Lipinski definition) is 4. The molecule has 1 aliphatic rings. The zero-order valence-electron chi connectivity index (χ0n) is 13.0. The molecule has 1 saturated carbocycles. The molecular formula is C18H23NO2S. The Labute approximate surface area is 136 Å². The topological polar surface area (TPSA) is 42.4 Å². The van der Waals surface area contributed by atoms with Crippen molar-refractivity contribution in [1.82, 2.24) is 4.98 Å². The lowest BCUT2D eigenvalue weighted by Gasteiger charge is -2.26. The number of ether oxygens (including phenoxy) is 1. The van der Waals surface area contributed by atoms with Gasteiger partial charge in [-0.15, -0.1) is 11.3 Å². The van der Waals surface area contributed by atoms with E-state index in [9.17, 15) is 5.11 Å². The van der Waals surface area contributed by atoms with Crippen LogP contribution in [0.4, 0.5) is 0 Å². The third kappa shape index (κ3) is 3.87. The quantitative estimate of drug-likeness (QED) is 0.873. The van der Waals surface area contributed by atoms with Crippen molar-refractivity contribution in [2.45, 2.75) is 51.7 Å². The average Bonchev–Trinajstić information content (AvgIpc) is 2.99. The number of aliphatic hydroxyl groups is 1. The molecule has 0 spiro atoms. The van der Waals surface area contributed by atoms with E-state index in [2.05, 4.69) is 4.98 Å². The first kappa shape index (κ1) is 15.5. The molecule has 0 bridgehead atoms. The van der Waals surface area contributed by atoms with Crippen molar-refractivity contribution in [2.24, 2.45) is 5.92 Å². The number of benzene rings is 1. The summed E-state index contributed by atoms with van der Waals surface area (Å²) in [6, 6.07) is 7.86. The van der Waals surface area contributed by atoms with Crippen molar-refractivity contribution in [3.05, 3.63) is 45.9 Å². The van der Waals surface area contributed by atoms with E-state index in [0.29, 0.717) is 12.5 Å². The van der Waals surface area contributed by atoms with Gasteiger partial charge in [0.25, 0.3) is 0 Å². The van der Waals surface area contributed by atoms with E-state index in [1.54, 1.807) is 11.3 Å². The summed E-state index contributed by atoms with van der Waals surface area (Å²) in [5, 5.41) is 13.6. The number of aliphatic hydroxyl groups excluding tert-OH is 1. The summed E-state index contributed by atoms with van der Waals surface area (Å²) in [6.45, 7) is 2.49. The molecule has 1 heterocycles. The first-order chi connectivity index (χ1) is 10.7. The zero-order valence-corrected chi connectivity index (χ0v) is 13.8. The molecule has 3 nitrogen and oxygen atoms in total. The van der Waals surface area contributed by atoms with E-state index in [-0.39, 0.29) is 6.10 Å². The fraction of sp³-hybridized carbons (Fsp3) is 0.500. The SMILES string of the molecule is Cc1nc(COc2ccc(C(O)C3CCCCC3)cc2)cs1. The highest BCUT2D eigenvalue weighted by molar-refractivity contribution is 7.09. The summed E-state index contributed by atoms with van der Waals surface area (Å²) in [5.74, 6) is 1.24. The van der Waals surface area contributed by atoms with Crippen LogP contribution in [-0.2, 0) is 6.61 Å². The minimum absolute atomic E-state index is 0.337. The van der Waals surface area contributed by atoms with Gasteiger partial charge in [-0.25, -0.2) is 4.98 Å². The maximum Gasteiger partial charge on any atom is 0.131 e. The van der Waals surface area contributed by atoms with Crippen LogP contribution in [0.1, 0.15) is 54.5 Å². The highest BCUT2D eigenvalue weighted by atomic mass is 32.1. The van der Waals surface area contributed by atoms with Gasteiger partial charge in [0.1, 0.15) is 12.4 Å². The maximum absolute atomic E-state index is 10.5. The molecule has 0 radical (unpaired) electrons. The van der Waals surface area contributed by atoms with E-state index in [4.69, 9.17) is 4.74 Å². The molecule has 1 atom stereocenters. The van der Waals surface area contributed by atoms with E-state index in [1.165, 1.54) is 19.3 Å². The summed E-state index contributed by atoms with van der Waals surface area (Å²) in [6.07, 6.45) is 5.75. The Morgan fingerprint density at radius 2 is 1.95 bits per heavy atom. The number of aryl methyl sites for hydroxylation is 1. The minimum atomic E-state index is -0.337. The normalized spacial score (nSPS) is 17.4. The largest absolute Gasteiger partial charge is 0.487 e. The standard InChI is InChI=1S/C18H23NO2S/c1-13-19-16(12-22-13)11-21-17-9-7-15(8-10-17)18(20)14-5-3-2-4-6-14/h7-10,12,14,18,20H,2-6,11H2,1H3. The molecule has 1 aromatic carbocycles. The van der Waals surface area contributed by atoms with E-state index < -0.39 is 0 Å². The van der Waals surface area contributed by atoms with E-state index in [0.717, 1.165) is 34.9 Å². The molecule has 118 valence electrons. The van der Waals surface area contributed by atoms with Crippen LogP contribution in [0.25, 0.3) is 0 Å². The van der Waals surface area contributed by atoms with Gasteiger partial charge in [-0.2, -0.15) is 0 Å². The van der Waals surface area contributed by atoms with Gasteiger partial charge in [0, 0.05) is 5.38 Å². The van der Waals surface area contributed by atoms with Crippen LogP contribution in [0.3, 0.4) is 0 Å². The third-order valence-corrected chi connectivity index (χ3v) is 5.19. The molecule has 1 N–H and O–H groups in total. The van der Waals surface area contributed by atoms with Crippen molar-refractivity contribution in [1.29, 1.82) is 0 Å². The molecule has 2 aromatic rings. The molecule has 3 rings (SSSR count). The van der Waals surface area contributed by atoms with Crippen molar-refractivity contribution >= 4 is 11.3 Å². The lowest BCUT2D eigenvalue weighted by Crippen LogP contribution is -2.15. The van der Waals surface area contributed by atoms with Crippen molar-refractivity contribution in [3.8, 4) is 5.75 Å². The lowest BCUT2D eigenvalue weighted by molar-refractivity contribution is 0.0848. The molecule has 0 amide bonds. The molecular weight excluding hydrogens is 294 g/mol. The molecule has 0 saturated heterocycles. The van der Waals surface area contributed by atoms with Crippen LogP contribution in [0.2, 0.25) is 0 Å². The fourth-order valence-corrected chi connectivity index (χ4v) is 3.71. The minimum Gasteiger partial charge on any atom is -0.487 e. The van der Waals surface area contributed by atoms with Gasteiger partial charge in [-0.1, -0.05) is 31.4 Å². The van der Waals surface area contributed by atoms with Crippen LogP contribution in [0.15, 0.2) is 29.6 Å². The van der Waals surface area contributed by atoms with Crippen LogP contribution in [-0.4, -0.2) is 10.1 Å². The van der Waals surface area contributed by atoms with E-state index in [1.807, 2.05) is 36.6 Å². The second kappa shape index (κ2) is 7.25. The smallest absolute Gasteiger partial charge is 0.131 e. The number of rotatable bonds is 5. The number of nitrogens with zero attached hydrogens (tertiary/aromatic N) is 1. The van der Waals surface area contributed by atoms with Gasteiger partial charge in [-0.05, 0) is 43.4 Å². The Kier molecular flexibility index (Phi) is 5.11. The van der Waals surface area contributed by atoms with Crippen molar-refractivity contribution < 1.29 is 9.84 Å². The predicted octanol–water partition coefficient (Wildman–Crippen LogP) is 4.64. The second-order valence-corrected chi connectivity index (χ2v) is 7.12. The summed E-state index contributed by atoms with van der Waals surface area (Å²) < 4.78 is 5.75. The Balaban J connectivity index is 1.57. The predicted molar refractivity (Wildman–Crippen MR) is 89.2 cm³/mol. The van der Waals surface area contributed by atoms with Crippen molar-refractivity contribution in [2.75, 3.05) is 0 Å². The molecule has 0 aliphatic heterocycles. The molecule has 22 heavy (non-hydrogen) atoms. The van der Waals surface area contributed by atoms with Crippen LogP contribution >= 0.6 is 11.3 Å². The zero-order chi connectivity index (χ0) is 15.4. The maximum atomic E-state index is 10.5. The first-order valence-corrected chi connectivity index (χ1v) is 8.92. The molecule has 4 heteroatoms. The number of aromatic nitrogens is 1. The number of thiazole rings is 1.